The summed E-state index contributed by atoms with van der Waals surface area (Å²) in [6.45, 7) is 7.80. The van der Waals surface area contributed by atoms with Gasteiger partial charge in [0.25, 0.3) is 0 Å². The molecular formula is C16H22N4O. The minimum atomic E-state index is 0.00386. The molecule has 1 saturated heterocycles. The van der Waals surface area contributed by atoms with Gasteiger partial charge in [0.2, 0.25) is 5.91 Å². The number of nitrogens with one attached hydrogen (secondary N) is 1. The third kappa shape index (κ3) is 3.24. The molecule has 112 valence electrons. The summed E-state index contributed by atoms with van der Waals surface area (Å²) in [5, 5.41) is 4.14. The lowest BCUT2D eigenvalue weighted by atomic mass is 10.0. The fraction of sp³-hybridized carbons (Fsp3) is 0.500. The third-order valence-electron chi connectivity index (χ3n) is 4.29. The first-order valence-corrected chi connectivity index (χ1v) is 7.69. The molecule has 1 amide bonds. The quantitative estimate of drug-likeness (QED) is 0.915. The van der Waals surface area contributed by atoms with Crippen molar-refractivity contribution in [2.45, 2.75) is 19.8 Å². The van der Waals surface area contributed by atoms with Crippen molar-refractivity contribution >= 4 is 17.3 Å². The van der Waals surface area contributed by atoms with Gasteiger partial charge in [-0.15, -0.1) is 0 Å². The summed E-state index contributed by atoms with van der Waals surface area (Å²) in [5.41, 5.74) is 5.90. The van der Waals surface area contributed by atoms with Crippen LogP contribution >= 0.6 is 0 Å². The molecule has 5 heteroatoms. The van der Waals surface area contributed by atoms with Crippen molar-refractivity contribution in [3.8, 4) is 0 Å². The average molecular weight is 286 g/mol. The molecule has 3 rings (SSSR count). The van der Waals surface area contributed by atoms with Crippen LogP contribution in [0.3, 0.4) is 0 Å². The molecule has 0 bridgehead atoms. The van der Waals surface area contributed by atoms with E-state index in [4.69, 9.17) is 0 Å². The Morgan fingerprint density at radius 1 is 1.10 bits per heavy atom. The summed E-state index contributed by atoms with van der Waals surface area (Å²) < 4.78 is 0. The molecule has 2 heterocycles. The van der Waals surface area contributed by atoms with Crippen LogP contribution in [0.15, 0.2) is 29.4 Å². The number of amides is 1. The number of piperazine rings is 1. The van der Waals surface area contributed by atoms with E-state index in [1.807, 2.05) is 0 Å². The van der Waals surface area contributed by atoms with Gasteiger partial charge in [0, 0.05) is 44.7 Å². The number of benzene rings is 1. The Kier molecular flexibility index (Phi) is 4.20. The highest BCUT2D eigenvalue weighted by Crippen LogP contribution is 2.19. The highest BCUT2D eigenvalue weighted by Gasteiger charge is 2.17. The Balaban J connectivity index is 1.66. The summed E-state index contributed by atoms with van der Waals surface area (Å²) in [6, 6.07) is 8.54. The maximum atomic E-state index is 11.1. The molecule has 0 aromatic heterocycles. The first-order valence-electron chi connectivity index (χ1n) is 7.69. The molecule has 0 atom stereocenters. The van der Waals surface area contributed by atoms with E-state index in [1.165, 1.54) is 5.69 Å². The highest BCUT2D eigenvalue weighted by molar-refractivity contribution is 6.04. The molecule has 1 fully saturated rings. The van der Waals surface area contributed by atoms with Crippen LogP contribution in [0.1, 0.15) is 25.3 Å². The molecule has 2 aliphatic rings. The van der Waals surface area contributed by atoms with Gasteiger partial charge in [0.15, 0.2) is 0 Å². The van der Waals surface area contributed by atoms with Crippen LogP contribution in [0, 0.1) is 0 Å². The minimum Gasteiger partial charge on any atom is -0.369 e. The van der Waals surface area contributed by atoms with Gasteiger partial charge in [0.1, 0.15) is 0 Å². The third-order valence-corrected chi connectivity index (χ3v) is 4.29. The number of hydrogen-bond acceptors (Lipinski definition) is 4. The Morgan fingerprint density at radius 3 is 2.38 bits per heavy atom. The van der Waals surface area contributed by atoms with Gasteiger partial charge in [-0.3, -0.25) is 4.79 Å². The smallest absolute Gasteiger partial charge is 0.240 e. The molecular weight excluding hydrogens is 264 g/mol. The van der Waals surface area contributed by atoms with E-state index in [0.29, 0.717) is 6.42 Å². The van der Waals surface area contributed by atoms with E-state index in [9.17, 15) is 4.79 Å². The van der Waals surface area contributed by atoms with Crippen molar-refractivity contribution in [1.82, 2.24) is 10.3 Å². The average Bonchev–Trinajstić information content (AvgIpc) is 2.56. The second kappa shape index (κ2) is 6.26. The van der Waals surface area contributed by atoms with Crippen molar-refractivity contribution in [2.75, 3.05) is 37.6 Å². The fourth-order valence-electron chi connectivity index (χ4n) is 2.87. The van der Waals surface area contributed by atoms with Gasteiger partial charge in [0.05, 0.1) is 5.71 Å². The Labute approximate surface area is 125 Å². The van der Waals surface area contributed by atoms with Crippen LogP contribution in [0.2, 0.25) is 0 Å². The summed E-state index contributed by atoms with van der Waals surface area (Å²) in [6.07, 6.45) is 1.25. The predicted molar refractivity (Wildman–Crippen MR) is 84.7 cm³/mol. The summed E-state index contributed by atoms with van der Waals surface area (Å²) in [4.78, 5) is 16.0. The van der Waals surface area contributed by atoms with Crippen LogP contribution in [-0.4, -0.2) is 49.2 Å². The topological polar surface area (TPSA) is 47.9 Å². The SMILES string of the molecule is CCN1CCN(c2ccc(C3=NNC(=O)CC3)cc2)CC1. The van der Waals surface area contributed by atoms with Crippen molar-refractivity contribution in [3.05, 3.63) is 29.8 Å². The number of hydrogen-bond donors (Lipinski definition) is 1. The highest BCUT2D eigenvalue weighted by atomic mass is 16.2. The molecule has 0 spiro atoms. The molecule has 5 nitrogen and oxygen atoms in total. The largest absolute Gasteiger partial charge is 0.369 e. The van der Waals surface area contributed by atoms with E-state index in [1.54, 1.807) is 0 Å². The molecule has 1 aromatic carbocycles. The molecule has 0 saturated carbocycles. The number of carbonyl (C=O) groups is 1. The Bertz CT molecular complexity index is 530. The van der Waals surface area contributed by atoms with Gasteiger partial charge in [-0.1, -0.05) is 19.1 Å². The lowest BCUT2D eigenvalue weighted by Crippen LogP contribution is -2.46. The van der Waals surface area contributed by atoms with Crippen molar-refractivity contribution in [2.24, 2.45) is 5.10 Å². The first kappa shape index (κ1) is 14.1. The fourth-order valence-corrected chi connectivity index (χ4v) is 2.87. The number of hydrazone groups is 1. The monoisotopic (exact) mass is 286 g/mol. The second-order valence-electron chi connectivity index (χ2n) is 5.56. The number of carbonyl (C=O) groups excluding carboxylic acids is 1. The number of likely N-dealkylation sites (N-methyl/N-ethyl adjacent to an activating group) is 1. The first-order chi connectivity index (χ1) is 10.3. The molecule has 2 aliphatic heterocycles. The second-order valence-corrected chi connectivity index (χ2v) is 5.56. The van der Waals surface area contributed by atoms with Crippen molar-refractivity contribution in [3.63, 3.8) is 0 Å². The molecule has 0 radical (unpaired) electrons. The molecule has 1 N–H and O–H groups in total. The van der Waals surface area contributed by atoms with E-state index in [-0.39, 0.29) is 5.91 Å². The van der Waals surface area contributed by atoms with Crippen LogP contribution < -0.4 is 10.3 Å². The van der Waals surface area contributed by atoms with Gasteiger partial charge in [-0.25, -0.2) is 5.43 Å². The molecule has 0 unspecified atom stereocenters. The van der Waals surface area contributed by atoms with Gasteiger partial charge >= 0.3 is 0 Å². The van der Waals surface area contributed by atoms with Crippen molar-refractivity contribution < 1.29 is 4.79 Å². The van der Waals surface area contributed by atoms with E-state index < -0.39 is 0 Å². The standard InChI is InChI=1S/C16H22N4O/c1-2-19-9-11-20(12-10-19)14-5-3-13(4-6-14)15-7-8-16(21)18-17-15/h3-6H,2,7-12H2,1H3,(H,18,21). The van der Waals surface area contributed by atoms with E-state index >= 15 is 0 Å². The summed E-state index contributed by atoms with van der Waals surface area (Å²) >= 11 is 0. The molecule has 1 aromatic rings. The van der Waals surface area contributed by atoms with Crippen LogP contribution in [0.25, 0.3) is 0 Å². The summed E-state index contributed by atoms with van der Waals surface area (Å²) in [7, 11) is 0. The maximum Gasteiger partial charge on any atom is 0.240 e. The zero-order valence-electron chi connectivity index (χ0n) is 12.5. The van der Waals surface area contributed by atoms with E-state index in [0.717, 1.165) is 50.4 Å². The number of nitrogens with zero attached hydrogens (tertiary/aromatic N) is 3. The van der Waals surface area contributed by atoms with Crippen LogP contribution in [0.4, 0.5) is 5.69 Å². The van der Waals surface area contributed by atoms with Crippen molar-refractivity contribution in [1.29, 1.82) is 0 Å². The molecule has 0 aliphatic carbocycles. The normalized spacial score (nSPS) is 20.1. The zero-order chi connectivity index (χ0) is 14.7. The molecule has 21 heavy (non-hydrogen) atoms. The Hall–Kier alpha value is -1.88. The number of anilines is 1. The predicted octanol–water partition coefficient (Wildman–Crippen LogP) is 1.44. The Morgan fingerprint density at radius 2 is 1.81 bits per heavy atom. The van der Waals surface area contributed by atoms with Gasteiger partial charge in [-0.05, 0) is 24.2 Å². The van der Waals surface area contributed by atoms with E-state index in [2.05, 4.69) is 51.5 Å². The van der Waals surface area contributed by atoms with Gasteiger partial charge in [-0.2, -0.15) is 5.10 Å². The number of rotatable bonds is 3. The van der Waals surface area contributed by atoms with Crippen LogP contribution in [0.5, 0.6) is 0 Å². The zero-order valence-corrected chi connectivity index (χ0v) is 12.5. The maximum absolute atomic E-state index is 11.1. The lowest BCUT2D eigenvalue weighted by Gasteiger charge is -2.35. The minimum absolute atomic E-state index is 0.00386. The van der Waals surface area contributed by atoms with Crippen LogP contribution in [-0.2, 0) is 4.79 Å². The van der Waals surface area contributed by atoms with Gasteiger partial charge < -0.3 is 9.80 Å². The lowest BCUT2D eigenvalue weighted by molar-refractivity contribution is -0.121. The summed E-state index contributed by atoms with van der Waals surface area (Å²) in [5.74, 6) is 0.00386.